The number of benzene rings is 1. The normalized spacial score (nSPS) is 9.08. The molecule has 4 N–H and O–H groups in total. The summed E-state index contributed by atoms with van der Waals surface area (Å²) < 4.78 is 0. The Morgan fingerprint density at radius 1 is 1.42 bits per heavy atom. The summed E-state index contributed by atoms with van der Waals surface area (Å²) in [5.41, 5.74) is 3.08. The molecule has 0 saturated heterocycles. The summed E-state index contributed by atoms with van der Waals surface area (Å²) in [6, 6.07) is 8.80. The maximum atomic E-state index is 10.2. The summed E-state index contributed by atoms with van der Waals surface area (Å²) in [4.78, 5) is 10.2. The number of rotatable bonds is 2. The average Bonchev–Trinajstić information content (AvgIpc) is 2.06. The van der Waals surface area contributed by atoms with Gasteiger partial charge >= 0.3 is 6.09 Å². The second-order valence-electron chi connectivity index (χ2n) is 2.13. The Labute approximate surface area is 69.3 Å². The quantitative estimate of drug-likeness (QED) is 0.347. The molecule has 5 heteroatoms. The lowest BCUT2D eigenvalue weighted by molar-refractivity contribution is 0.156. The number of hydrazine groups is 2. The minimum atomic E-state index is -1.24. The third-order valence-corrected chi connectivity index (χ3v) is 1.23. The standard InChI is InChI=1S/C7H9N3O2/c8-10(7(11)12)9-6-4-2-1-3-5-6/h1-5,9H,8H2,(H,11,12). The van der Waals surface area contributed by atoms with Crippen LogP contribution in [0.2, 0.25) is 0 Å². The highest BCUT2D eigenvalue weighted by Gasteiger charge is 2.03. The first kappa shape index (κ1) is 8.35. The lowest BCUT2D eigenvalue weighted by Crippen LogP contribution is -2.40. The highest BCUT2D eigenvalue weighted by molar-refractivity contribution is 5.66. The van der Waals surface area contributed by atoms with Crippen LogP contribution in [-0.4, -0.2) is 16.3 Å². The monoisotopic (exact) mass is 167 g/mol. The van der Waals surface area contributed by atoms with Gasteiger partial charge in [0.2, 0.25) is 0 Å². The number of amides is 1. The van der Waals surface area contributed by atoms with Crippen molar-refractivity contribution in [2.24, 2.45) is 5.84 Å². The Kier molecular flexibility index (Phi) is 2.49. The molecule has 0 spiro atoms. The van der Waals surface area contributed by atoms with Crippen molar-refractivity contribution in [3.05, 3.63) is 30.3 Å². The van der Waals surface area contributed by atoms with Gasteiger partial charge in [-0.2, -0.15) is 5.12 Å². The van der Waals surface area contributed by atoms with Crippen molar-refractivity contribution in [2.75, 3.05) is 5.43 Å². The third kappa shape index (κ3) is 2.14. The van der Waals surface area contributed by atoms with Crippen molar-refractivity contribution >= 4 is 11.8 Å². The molecule has 0 fully saturated rings. The predicted molar refractivity (Wildman–Crippen MR) is 44.1 cm³/mol. The van der Waals surface area contributed by atoms with Gasteiger partial charge in [-0.1, -0.05) is 18.2 Å². The zero-order valence-electron chi connectivity index (χ0n) is 6.27. The summed E-state index contributed by atoms with van der Waals surface area (Å²) >= 11 is 0. The van der Waals surface area contributed by atoms with Crippen LogP contribution in [0.5, 0.6) is 0 Å². The maximum Gasteiger partial charge on any atom is 0.441 e. The van der Waals surface area contributed by atoms with E-state index >= 15 is 0 Å². The van der Waals surface area contributed by atoms with E-state index in [0.29, 0.717) is 10.8 Å². The van der Waals surface area contributed by atoms with E-state index in [1.54, 1.807) is 24.3 Å². The first-order valence-electron chi connectivity index (χ1n) is 3.29. The van der Waals surface area contributed by atoms with Crippen molar-refractivity contribution in [1.82, 2.24) is 5.12 Å². The molecule has 0 aliphatic heterocycles. The smallest absolute Gasteiger partial charge is 0.441 e. The van der Waals surface area contributed by atoms with E-state index in [9.17, 15) is 4.79 Å². The molecule has 0 aliphatic carbocycles. The molecule has 0 atom stereocenters. The average molecular weight is 167 g/mol. The van der Waals surface area contributed by atoms with Gasteiger partial charge in [0.1, 0.15) is 0 Å². The number of hydrogen-bond donors (Lipinski definition) is 3. The number of nitrogens with one attached hydrogen (secondary N) is 1. The van der Waals surface area contributed by atoms with E-state index in [4.69, 9.17) is 10.9 Å². The van der Waals surface area contributed by atoms with Crippen LogP contribution in [0.1, 0.15) is 0 Å². The van der Waals surface area contributed by atoms with Crippen LogP contribution in [0.25, 0.3) is 0 Å². The van der Waals surface area contributed by atoms with Gasteiger partial charge in [0, 0.05) is 0 Å². The highest BCUT2D eigenvalue weighted by Crippen LogP contribution is 2.04. The molecule has 0 heterocycles. The van der Waals surface area contributed by atoms with E-state index in [1.165, 1.54) is 0 Å². The van der Waals surface area contributed by atoms with Gasteiger partial charge in [-0.05, 0) is 12.1 Å². The van der Waals surface area contributed by atoms with Gasteiger partial charge in [0.05, 0.1) is 5.69 Å². The molecule has 0 radical (unpaired) electrons. The fourth-order valence-electron chi connectivity index (χ4n) is 0.700. The summed E-state index contributed by atoms with van der Waals surface area (Å²) in [5.74, 6) is 5.07. The summed E-state index contributed by atoms with van der Waals surface area (Å²) in [7, 11) is 0. The van der Waals surface area contributed by atoms with Gasteiger partial charge in [-0.25, -0.2) is 10.6 Å². The molecule has 1 aromatic carbocycles. The first-order valence-corrected chi connectivity index (χ1v) is 3.29. The van der Waals surface area contributed by atoms with Gasteiger partial charge < -0.3 is 5.11 Å². The van der Waals surface area contributed by atoms with E-state index in [-0.39, 0.29) is 0 Å². The molecule has 0 saturated carbocycles. The van der Waals surface area contributed by atoms with Gasteiger partial charge in [-0.3, -0.25) is 5.43 Å². The van der Waals surface area contributed by atoms with Crippen molar-refractivity contribution < 1.29 is 9.90 Å². The van der Waals surface area contributed by atoms with Gasteiger partial charge in [-0.15, -0.1) is 0 Å². The number of nitrogens with zero attached hydrogens (tertiary/aromatic N) is 1. The van der Waals surface area contributed by atoms with Gasteiger partial charge in [0.25, 0.3) is 0 Å². The van der Waals surface area contributed by atoms with Crippen molar-refractivity contribution in [3.63, 3.8) is 0 Å². The Morgan fingerprint density at radius 2 is 2.00 bits per heavy atom. The number of carbonyl (C=O) groups is 1. The molecule has 0 aliphatic rings. The van der Waals surface area contributed by atoms with E-state index in [2.05, 4.69) is 5.43 Å². The SMILES string of the molecule is NN(Nc1ccccc1)C(=O)O. The zero-order chi connectivity index (χ0) is 8.97. The lowest BCUT2D eigenvalue weighted by atomic mass is 10.3. The summed E-state index contributed by atoms with van der Waals surface area (Å²) in [6.07, 6.45) is -1.24. The summed E-state index contributed by atoms with van der Waals surface area (Å²) in [5, 5.41) is 8.88. The molecule has 5 nitrogen and oxygen atoms in total. The topological polar surface area (TPSA) is 78.6 Å². The number of hydrogen-bond acceptors (Lipinski definition) is 3. The molecule has 0 aromatic heterocycles. The second-order valence-corrected chi connectivity index (χ2v) is 2.13. The number of carboxylic acid groups (broad SMARTS) is 1. The highest BCUT2D eigenvalue weighted by atomic mass is 16.4. The molecular formula is C7H9N3O2. The fraction of sp³-hybridized carbons (Fsp3) is 0. The van der Waals surface area contributed by atoms with Crippen molar-refractivity contribution in [2.45, 2.75) is 0 Å². The minimum Gasteiger partial charge on any atom is -0.463 e. The van der Waals surface area contributed by atoms with Crippen LogP contribution in [0.15, 0.2) is 30.3 Å². The lowest BCUT2D eigenvalue weighted by Gasteiger charge is -2.14. The number of nitrogens with two attached hydrogens (primary N) is 1. The molecule has 0 unspecified atom stereocenters. The number of para-hydroxylation sites is 1. The van der Waals surface area contributed by atoms with E-state index in [0.717, 1.165) is 0 Å². The fourth-order valence-corrected chi connectivity index (χ4v) is 0.700. The molecule has 0 bridgehead atoms. The van der Waals surface area contributed by atoms with Crippen LogP contribution in [0, 0.1) is 0 Å². The third-order valence-electron chi connectivity index (χ3n) is 1.23. The first-order chi connectivity index (χ1) is 5.70. The van der Waals surface area contributed by atoms with Crippen molar-refractivity contribution in [1.29, 1.82) is 0 Å². The maximum absolute atomic E-state index is 10.2. The van der Waals surface area contributed by atoms with Crippen LogP contribution < -0.4 is 11.3 Å². The van der Waals surface area contributed by atoms with Crippen molar-refractivity contribution in [3.8, 4) is 0 Å². The Balaban J connectivity index is 2.58. The van der Waals surface area contributed by atoms with E-state index < -0.39 is 6.09 Å². The Hall–Kier alpha value is -1.75. The van der Waals surface area contributed by atoms with E-state index in [1.807, 2.05) is 6.07 Å². The molecular weight excluding hydrogens is 158 g/mol. The Bertz CT molecular complexity index is 263. The number of anilines is 1. The second kappa shape index (κ2) is 3.59. The molecule has 1 amide bonds. The molecule has 64 valence electrons. The Morgan fingerprint density at radius 3 is 2.50 bits per heavy atom. The summed E-state index contributed by atoms with van der Waals surface area (Å²) in [6.45, 7) is 0. The molecule has 12 heavy (non-hydrogen) atoms. The van der Waals surface area contributed by atoms with Crippen LogP contribution in [-0.2, 0) is 0 Å². The van der Waals surface area contributed by atoms with Crippen LogP contribution in [0.4, 0.5) is 10.5 Å². The van der Waals surface area contributed by atoms with Crippen LogP contribution >= 0.6 is 0 Å². The zero-order valence-corrected chi connectivity index (χ0v) is 6.27. The minimum absolute atomic E-state index is 0.495. The predicted octanol–water partition coefficient (Wildman–Crippen LogP) is 0.867. The molecule has 1 rings (SSSR count). The largest absolute Gasteiger partial charge is 0.463 e. The van der Waals surface area contributed by atoms with Gasteiger partial charge in [0.15, 0.2) is 0 Å². The van der Waals surface area contributed by atoms with Crippen LogP contribution in [0.3, 0.4) is 0 Å². The molecule has 1 aromatic rings.